The Morgan fingerprint density at radius 3 is 1.74 bits per heavy atom. The molecule has 0 aliphatic rings. The van der Waals surface area contributed by atoms with Gasteiger partial charge < -0.3 is 32.5 Å². The average Bonchev–Trinajstić information content (AvgIpc) is 2.89. The van der Waals surface area contributed by atoms with Gasteiger partial charge in [-0.1, -0.05) is 74.5 Å². The van der Waals surface area contributed by atoms with Crippen LogP contribution in [0.2, 0.25) is 0 Å². The quantitative estimate of drug-likeness (QED) is 0.187. The molecule has 0 saturated heterocycles. The number of benzene rings is 2. The highest BCUT2D eigenvalue weighted by Crippen LogP contribution is 2.09. The maximum absolute atomic E-state index is 13.4. The minimum atomic E-state index is -1.36. The molecule has 8 N–H and O–H groups in total. The number of nitrogens with one attached hydrogen (secondary N) is 3. The SMILES string of the molecule is CC(C)C(NC(=O)C(Cc1ccccc1)NC(=O)C(N)Cc1ccccc1)C(=O)NC(CCC(N)=O)C(=O)O. The summed E-state index contributed by atoms with van der Waals surface area (Å²) in [5.41, 5.74) is 12.9. The average molecular weight is 540 g/mol. The van der Waals surface area contributed by atoms with Gasteiger partial charge in [-0.05, 0) is 29.9 Å². The number of carboxylic acid groups (broad SMARTS) is 1. The Hall–Kier alpha value is -4.25. The standard InChI is InChI=1S/C28H37N5O6/c1-17(2)24(27(37)31-21(28(38)39)13-14-23(30)34)33-26(36)22(16-19-11-7-4-8-12-19)32-25(35)20(29)15-18-9-5-3-6-10-18/h3-12,17,20-22,24H,13-16,29H2,1-2H3,(H2,30,34)(H,31,37)(H,32,35)(H,33,36)(H,38,39). The number of aliphatic carboxylic acids is 1. The summed E-state index contributed by atoms with van der Waals surface area (Å²) in [6.07, 6.45) is -0.0178. The molecular weight excluding hydrogens is 502 g/mol. The van der Waals surface area contributed by atoms with Crippen molar-refractivity contribution in [3.8, 4) is 0 Å². The van der Waals surface area contributed by atoms with E-state index in [0.717, 1.165) is 11.1 Å². The summed E-state index contributed by atoms with van der Waals surface area (Å²) in [6, 6.07) is 13.8. The van der Waals surface area contributed by atoms with E-state index in [4.69, 9.17) is 11.5 Å². The van der Waals surface area contributed by atoms with Crippen molar-refractivity contribution in [2.45, 2.75) is 63.7 Å². The number of hydrogen-bond acceptors (Lipinski definition) is 6. The second-order valence-electron chi connectivity index (χ2n) is 9.68. The first kappa shape index (κ1) is 31.0. The van der Waals surface area contributed by atoms with Crippen LogP contribution in [-0.4, -0.2) is 58.9 Å². The molecule has 0 aromatic heterocycles. The zero-order valence-electron chi connectivity index (χ0n) is 22.1. The van der Waals surface area contributed by atoms with E-state index in [2.05, 4.69) is 16.0 Å². The lowest BCUT2D eigenvalue weighted by Crippen LogP contribution is -2.59. The molecule has 39 heavy (non-hydrogen) atoms. The molecule has 0 aliphatic carbocycles. The van der Waals surface area contributed by atoms with Crippen molar-refractivity contribution in [1.82, 2.24) is 16.0 Å². The molecule has 0 heterocycles. The Kier molecular flexibility index (Phi) is 12.1. The molecule has 11 heteroatoms. The van der Waals surface area contributed by atoms with Crippen LogP contribution in [0.25, 0.3) is 0 Å². The third-order valence-electron chi connectivity index (χ3n) is 6.09. The van der Waals surface area contributed by atoms with Gasteiger partial charge in [-0.25, -0.2) is 4.79 Å². The lowest BCUT2D eigenvalue weighted by atomic mass is 9.99. The smallest absolute Gasteiger partial charge is 0.326 e. The summed E-state index contributed by atoms with van der Waals surface area (Å²) in [5, 5.41) is 17.2. The number of carbonyl (C=O) groups excluding carboxylic acids is 4. The van der Waals surface area contributed by atoms with Gasteiger partial charge in [-0.15, -0.1) is 0 Å². The molecular formula is C28H37N5O6. The zero-order valence-corrected chi connectivity index (χ0v) is 22.1. The molecule has 210 valence electrons. The fourth-order valence-electron chi connectivity index (χ4n) is 3.89. The van der Waals surface area contributed by atoms with Gasteiger partial charge in [0.05, 0.1) is 6.04 Å². The van der Waals surface area contributed by atoms with Gasteiger partial charge in [-0.2, -0.15) is 0 Å². The van der Waals surface area contributed by atoms with Gasteiger partial charge in [0.25, 0.3) is 0 Å². The molecule has 0 saturated carbocycles. The minimum Gasteiger partial charge on any atom is -0.480 e. The number of carboxylic acids is 1. The van der Waals surface area contributed by atoms with Crippen molar-refractivity contribution in [2.24, 2.45) is 17.4 Å². The summed E-state index contributed by atoms with van der Waals surface area (Å²) >= 11 is 0. The normalized spacial score (nSPS) is 13.9. The first-order chi connectivity index (χ1) is 18.5. The van der Waals surface area contributed by atoms with E-state index in [9.17, 15) is 29.1 Å². The Morgan fingerprint density at radius 2 is 1.26 bits per heavy atom. The number of rotatable bonds is 15. The van der Waals surface area contributed by atoms with Crippen molar-refractivity contribution < 1.29 is 29.1 Å². The fraction of sp³-hybridized carbons (Fsp3) is 0.393. The summed E-state index contributed by atoms with van der Waals surface area (Å²) in [5.74, 6) is -4.35. The molecule has 0 fully saturated rings. The van der Waals surface area contributed by atoms with Gasteiger partial charge in [0.1, 0.15) is 18.1 Å². The zero-order chi connectivity index (χ0) is 28.9. The maximum atomic E-state index is 13.4. The third kappa shape index (κ3) is 10.6. The second-order valence-corrected chi connectivity index (χ2v) is 9.68. The van der Waals surface area contributed by atoms with Crippen LogP contribution < -0.4 is 27.4 Å². The van der Waals surface area contributed by atoms with Crippen molar-refractivity contribution in [3.05, 3.63) is 71.8 Å². The van der Waals surface area contributed by atoms with Gasteiger partial charge in [0.15, 0.2) is 0 Å². The molecule has 4 atom stereocenters. The highest BCUT2D eigenvalue weighted by atomic mass is 16.4. The lowest BCUT2D eigenvalue weighted by molar-refractivity contribution is -0.143. The Bertz CT molecular complexity index is 1130. The third-order valence-corrected chi connectivity index (χ3v) is 6.09. The molecule has 11 nitrogen and oxygen atoms in total. The van der Waals surface area contributed by atoms with E-state index in [1.807, 2.05) is 36.4 Å². The van der Waals surface area contributed by atoms with Crippen LogP contribution in [0.4, 0.5) is 0 Å². The molecule has 0 bridgehead atoms. The van der Waals surface area contributed by atoms with Crippen LogP contribution in [0.15, 0.2) is 60.7 Å². The first-order valence-electron chi connectivity index (χ1n) is 12.7. The van der Waals surface area contributed by atoms with Crippen molar-refractivity contribution in [3.63, 3.8) is 0 Å². The topological polar surface area (TPSA) is 194 Å². The minimum absolute atomic E-state index is 0.138. The highest BCUT2D eigenvalue weighted by molar-refractivity contribution is 5.94. The summed E-state index contributed by atoms with van der Waals surface area (Å²) in [4.78, 5) is 62.0. The van der Waals surface area contributed by atoms with E-state index < -0.39 is 59.7 Å². The van der Waals surface area contributed by atoms with Crippen molar-refractivity contribution in [2.75, 3.05) is 0 Å². The monoisotopic (exact) mass is 539 g/mol. The predicted molar refractivity (Wildman–Crippen MR) is 145 cm³/mol. The van der Waals surface area contributed by atoms with E-state index in [1.165, 1.54) is 0 Å². The fourth-order valence-corrected chi connectivity index (χ4v) is 3.89. The largest absolute Gasteiger partial charge is 0.480 e. The molecule has 2 rings (SSSR count). The van der Waals surface area contributed by atoms with Gasteiger partial charge in [0.2, 0.25) is 23.6 Å². The molecule has 0 aliphatic heterocycles. The van der Waals surface area contributed by atoms with Crippen LogP contribution in [-0.2, 0) is 36.8 Å². The molecule has 2 aromatic carbocycles. The molecule has 4 amide bonds. The number of nitrogens with two attached hydrogens (primary N) is 2. The summed E-state index contributed by atoms with van der Waals surface area (Å²) < 4.78 is 0. The van der Waals surface area contributed by atoms with Crippen molar-refractivity contribution in [1.29, 1.82) is 0 Å². The van der Waals surface area contributed by atoms with Crippen LogP contribution >= 0.6 is 0 Å². The number of hydrogen-bond donors (Lipinski definition) is 6. The predicted octanol–water partition coefficient (Wildman–Crippen LogP) is 0.260. The van der Waals surface area contributed by atoms with Crippen LogP contribution in [0.3, 0.4) is 0 Å². The van der Waals surface area contributed by atoms with Crippen LogP contribution in [0, 0.1) is 5.92 Å². The van der Waals surface area contributed by atoms with Gasteiger partial charge >= 0.3 is 5.97 Å². The van der Waals surface area contributed by atoms with Crippen molar-refractivity contribution >= 4 is 29.6 Å². The molecule has 2 aromatic rings. The van der Waals surface area contributed by atoms with Gasteiger partial charge in [0, 0.05) is 12.8 Å². The van der Waals surface area contributed by atoms with Crippen LogP contribution in [0.5, 0.6) is 0 Å². The molecule has 4 unspecified atom stereocenters. The van der Waals surface area contributed by atoms with E-state index in [-0.39, 0.29) is 25.7 Å². The Morgan fingerprint density at radius 1 is 0.744 bits per heavy atom. The Balaban J connectivity index is 2.17. The highest BCUT2D eigenvalue weighted by Gasteiger charge is 2.32. The molecule has 0 spiro atoms. The van der Waals surface area contributed by atoms with E-state index >= 15 is 0 Å². The van der Waals surface area contributed by atoms with E-state index in [0.29, 0.717) is 0 Å². The summed E-state index contributed by atoms with van der Waals surface area (Å²) in [6.45, 7) is 3.37. The Labute approximate surface area is 227 Å². The first-order valence-corrected chi connectivity index (χ1v) is 12.7. The summed E-state index contributed by atoms with van der Waals surface area (Å²) in [7, 11) is 0. The van der Waals surface area contributed by atoms with Gasteiger partial charge in [-0.3, -0.25) is 19.2 Å². The number of primary amides is 1. The van der Waals surface area contributed by atoms with Crippen LogP contribution in [0.1, 0.15) is 37.8 Å². The van der Waals surface area contributed by atoms with E-state index in [1.54, 1.807) is 38.1 Å². The number of carbonyl (C=O) groups is 5. The lowest BCUT2D eigenvalue weighted by Gasteiger charge is -2.27. The number of amides is 4. The maximum Gasteiger partial charge on any atom is 0.326 e. The second kappa shape index (κ2) is 15.2. The molecule has 0 radical (unpaired) electrons.